The van der Waals surface area contributed by atoms with Gasteiger partial charge in [0.15, 0.2) is 0 Å². The molecule has 1 aromatic heterocycles. The Morgan fingerprint density at radius 1 is 0.879 bits per heavy atom. The van der Waals surface area contributed by atoms with Crippen LogP contribution in [0, 0.1) is 20.8 Å². The number of carbonyl (C=O) groups excluding carboxylic acids is 2. The molecular formula is C26H30N4O3. The maximum atomic E-state index is 13.0. The largest absolute Gasteiger partial charge is 0.493 e. The summed E-state index contributed by atoms with van der Waals surface area (Å²) in [6.07, 6.45) is 1.12. The third-order valence-electron chi connectivity index (χ3n) is 6.13. The number of ether oxygens (including phenoxy) is 1. The fraction of sp³-hybridized carbons (Fsp3) is 0.385. The minimum atomic E-state index is -0.0318. The number of nitrogens with zero attached hydrogens (tertiary/aromatic N) is 4. The molecule has 0 spiro atoms. The van der Waals surface area contributed by atoms with Gasteiger partial charge in [-0.1, -0.05) is 18.2 Å². The van der Waals surface area contributed by atoms with Gasteiger partial charge in [-0.05, 0) is 57.0 Å². The number of aromatic nitrogens is 2. The minimum absolute atomic E-state index is 0.0318. The summed E-state index contributed by atoms with van der Waals surface area (Å²) in [7, 11) is 0. The first kappa shape index (κ1) is 22.7. The molecule has 172 valence electrons. The zero-order valence-corrected chi connectivity index (χ0v) is 19.5. The van der Waals surface area contributed by atoms with Crippen molar-refractivity contribution in [3.05, 3.63) is 65.0 Å². The van der Waals surface area contributed by atoms with Crippen molar-refractivity contribution in [2.75, 3.05) is 32.8 Å². The highest BCUT2D eigenvalue weighted by molar-refractivity contribution is 5.97. The number of aryl methyl sites for hydroxylation is 3. The van der Waals surface area contributed by atoms with Crippen LogP contribution < -0.4 is 4.74 Å². The average molecular weight is 447 g/mol. The van der Waals surface area contributed by atoms with E-state index in [1.807, 2.05) is 62.1 Å². The van der Waals surface area contributed by atoms with Gasteiger partial charge in [-0.3, -0.25) is 9.59 Å². The molecule has 7 heteroatoms. The predicted molar refractivity (Wildman–Crippen MR) is 127 cm³/mol. The van der Waals surface area contributed by atoms with Gasteiger partial charge in [-0.15, -0.1) is 0 Å². The van der Waals surface area contributed by atoms with Crippen LogP contribution in [-0.2, 0) is 4.79 Å². The highest BCUT2D eigenvalue weighted by Gasteiger charge is 2.25. The summed E-state index contributed by atoms with van der Waals surface area (Å²) in [5.74, 6) is 0.944. The second-order valence-electron chi connectivity index (χ2n) is 8.49. The number of amides is 2. The lowest BCUT2D eigenvalue weighted by molar-refractivity contribution is -0.132. The number of fused-ring (bicyclic) bond motifs is 1. The number of piperazine rings is 1. The van der Waals surface area contributed by atoms with Crippen LogP contribution in [0.4, 0.5) is 0 Å². The summed E-state index contributed by atoms with van der Waals surface area (Å²) in [4.78, 5) is 38.3. The molecule has 0 radical (unpaired) electrons. The van der Waals surface area contributed by atoms with Crippen molar-refractivity contribution in [2.45, 2.75) is 33.6 Å². The highest BCUT2D eigenvalue weighted by atomic mass is 16.5. The van der Waals surface area contributed by atoms with E-state index in [1.54, 1.807) is 11.0 Å². The van der Waals surface area contributed by atoms with E-state index in [0.717, 1.165) is 33.7 Å². The van der Waals surface area contributed by atoms with E-state index >= 15 is 0 Å². The molecule has 4 rings (SSSR count). The Labute approximate surface area is 194 Å². The third-order valence-corrected chi connectivity index (χ3v) is 6.13. The summed E-state index contributed by atoms with van der Waals surface area (Å²) in [6, 6.07) is 13.3. The Morgan fingerprint density at radius 3 is 2.27 bits per heavy atom. The van der Waals surface area contributed by atoms with E-state index in [4.69, 9.17) is 4.74 Å². The molecule has 2 amide bonds. The molecule has 0 saturated carbocycles. The lowest BCUT2D eigenvalue weighted by Gasteiger charge is -2.35. The summed E-state index contributed by atoms with van der Waals surface area (Å²) >= 11 is 0. The van der Waals surface area contributed by atoms with Crippen LogP contribution in [0.2, 0.25) is 0 Å². The molecule has 3 aromatic rings. The van der Waals surface area contributed by atoms with Gasteiger partial charge in [-0.2, -0.15) is 0 Å². The van der Waals surface area contributed by atoms with E-state index < -0.39 is 0 Å². The van der Waals surface area contributed by atoms with Crippen LogP contribution in [-0.4, -0.2) is 64.4 Å². The number of para-hydroxylation sites is 1. The van der Waals surface area contributed by atoms with Crippen LogP contribution in [0.5, 0.6) is 5.75 Å². The van der Waals surface area contributed by atoms with Crippen molar-refractivity contribution in [1.82, 2.24) is 19.8 Å². The fourth-order valence-electron chi connectivity index (χ4n) is 3.99. The van der Waals surface area contributed by atoms with Gasteiger partial charge in [0.25, 0.3) is 5.91 Å². The number of hydrogen-bond acceptors (Lipinski definition) is 5. The first-order valence-electron chi connectivity index (χ1n) is 11.4. The van der Waals surface area contributed by atoms with Gasteiger partial charge < -0.3 is 14.5 Å². The van der Waals surface area contributed by atoms with E-state index in [9.17, 15) is 9.59 Å². The molecule has 7 nitrogen and oxygen atoms in total. The standard InChI is InChI=1S/C26H30N4O3/c1-18-7-4-5-8-24(18)33-16-6-9-25(31)29-12-14-30(15-13-29)26(32)21-10-11-22-23(17-21)28-20(3)19(2)27-22/h4-5,7-8,10-11,17H,6,9,12-16H2,1-3H3. The Morgan fingerprint density at radius 2 is 1.55 bits per heavy atom. The Kier molecular flexibility index (Phi) is 6.87. The molecule has 0 unspecified atom stereocenters. The Balaban J connectivity index is 1.26. The van der Waals surface area contributed by atoms with Gasteiger partial charge in [0.1, 0.15) is 5.75 Å². The Bertz CT molecular complexity index is 1170. The second kappa shape index (κ2) is 9.98. The van der Waals surface area contributed by atoms with Crippen molar-refractivity contribution >= 4 is 22.8 Å². The molecule has 1 saturated heterocycles. The zero-order chi connectivity index (χ0) is 23.4. The fourth-order valence-corrected chi connectivity index (χ4v) is 3.99. The van der Waals surface area contributed by atoms with E-state index in [2.05, 4.69) is 9.97 Å². The molecule has 2 heterocycles. The number of rotatable bonds is 6. The molecule has 0 N–H and O–H groups in total. The monoisotopic (exact) mass is 446 g/mol. The van der Waals surface area contributed by atoms with Gasteiger partial charge in [0.05, 0.1) is 29.0 Å². The topological polar surface area (TPSA) is 75.6 Å². The maximum Gasteiger partial charge on any atom is 0.254 e. The van der Waals surface area contributed by atoms with Crippen LogP contribution in [0.3, 0.4) is 0 Å². The zero-order valence-electron chi connectivity index (χ0n) is 19.5. The lowest BCUT2D eigenvalue weighted by Crippen LogP contribution is -2.50. The first-order valence-corrected chi connectivity index (χ1v) is 11.4. The predicted octanol–water partition coefficient (Wildman–Crippen LogP) is 3.70. The van der Waals surface area contributed by atoms with E-state index in [-0.39, 0.29) is 11.8 Å². The number of benzene rings is 2. The SMILES string of the molecule is Cc1ccccc1OCCCC(=O)N1CCN(C(=O)c2ccc3nc(C)c(C)nc3c2)CC1. The molecule has 1 fully saturated rings. The second-order valence-corrected chi connectivity index (χ2v) is 8.49. The lowest BCUT2D eigenvalue weighted by atomic mass is 10.1. The van der Waals surface area contributed by atoms with Gasteiger partial charge in [-0.25, -0.2) is 9.97 Å². The maximum absolute atomic E-state index is 13.0. The van der Waals surface area contributed by atoms with Crippen LogP contribution >= 0.6 is 0 Å². The van der Waals surface area contributed by atoms with Gasteiger partial charge in [0, 0.05) is 38.2 Å². The van der Waals surface area contributed by atoms with Crippen molar-refractivity contribution in [2.24, 2.45) is 0 Å². The molecule has 0 atom stereocenters. The molecular weight excluding hydrogens is 416 g/mol. The van der Waals surface area contributed by atoms with Gasteiger partial charge in [0.2, 0.25) is 5.91 Å². The average Bonchev–Trinajstić information content (AvgIpc) is 2.83. The summed E-state index contributed by atoms with van der Waals surface area (Å²) in [6.45, 7) is 8.53. The van der Waals surface area contributed by atoms with Crippen molar-refractivity contribution in [3.8, 4) is 5.75 Å². The quantitative estimate of drug-likeness (QED) is 0.540. The molecule has 2 aromatic carbocycles. The molecule has 0 aliphatic carbocycles. The summed E-state index contributed by atoms with van der Waals surface area (Å²) in [5.41, 5.74) is 4.97. The van der Waals surface area contributed by atoms with Crippen LogP contribution in [0.15, 0.2) is 42.5 Å². The molecule has 0 bridgehead atoms. The van der Waals surface area contributed by atoms with Crippen LogP contribution in [0.1, 0.15) is 40.2 Å². The number of carbonyl (C=O) groups is 2. The minimum Gasteiger partial charge on any atom is -0.493 e. The number of hydrogen-bond donors (Lipinski definition) is 0. The van der Waals surface area contributed by atoms with Crippen molar-refractivity contribution in [3.63, 3.8) is 0 Å². The smallest absolute Gasteiger partial charge is 0.254 e. The summed E-state index contributed by atoms with van der Waals surface area (Å²) in [5, 5.41) is 0. The van der Waals surface area contributed by atoms with Crippen LogP contribution in [0.25, 0.3) is 11.0 Å². The highest BCUT2D eigenvalue weighted by Crippen LogP contribution is 2.18. The first-order chi connectivity index (χ1) is 15.9. The molecule has 1 aliphatic heterocycles. The third kappa shape index (κ3) is 5.30. The summed E-state index contributed by atoms with van der Waals surface area (Å²) < 4.78 is 5.78. The van der Waals surface area contributed by atoms with E-state index in [0.29, 0.717) is 51.2 Å². The van der Waals surface area contributed by atoms with E-state index in [1.165, 1.54) is 0 Å². The normalized spacial score (nSPS) is 13.9. The molecule has 1 aliphatic rings. The van der Waals surface area contributed by atoms with Gasteiger partial charge >= 0.3 is 0 Å². The molecule has 33 heavy (non-hydrogen) atoms. The van der Waals surface area contributed by atoms with Crippen molar-refractivity contribution in [1.29, 1.82) is 0 Å². The Hall–Kier alpha value is -3.48. The van der Waals surface area contributed by atoms with Crippen molar-refractivity contribution < 1.29 is 14.3 Å².